The standard InChI is InChI=1S/C19H22N4O4/c1-4-6-14-15(18(25)27-5-2)16(23-19(22-14)20-11-21-23)12-7-9-13(10-8-12)17(24)26-3/h7-11,16H,4-6H2,1-3H3,(H,20,21,22)/t16-/m1/s1. The van der Waals surface area contributed by atoms with E-state index in [4.69, 9.17) is 9.47 Å². The number of ether oxygens (including phenoxy) is 2. The zero-order valence-electron chi connectivity index (χ0n) is 15.6. The zero-order valence-corrected chi connectivity index (χ0v) is 15.6. The van der Waals surface area contributed by atoms with Crippen LogP contribution in [0.15, 0.2) is 41.9 Å². The molecule has 1 aromatic carbocycles. The molecule has 2 heterocycles. The van der Waals surface area contributed by atoms with Crippen molar-refractivity contribution >= 4 is 17.9 Å². The number of allylic oxidation sites excluding steroid dienone is 1. The second-order valence-electron chi connectivity index (χ2n) is 6.03. The number of fused-ring (bicyclic) bond motifs is 1. The minimum absolute atomic E-state index is 0.278. The van der Waals surface area contributed by atoms with Gasteiger partial charge in [0, 0.05) is 5.70 Å². The third kappa shape index (κ3) is 3.55. The highest BCUT2D eigenvalue weighted by Gasteiger charge is 2.35. The van der Waals surface area contributed by atoms with Gasteiger partial charge < -0.3 is 14.8 Å². The van der Waals surface area contributed by atoms with Crippen LogP contribution in [0.25, 0.3) is 0 Å². The molecule has 0 fully saturated rings. The number of hydrogen-bond acceptors (Lipinski definition) is 7. The molecule has 2 aromatic rings. The molecule has 0 saturated heterocycles. The van der Waals surface area contributed by atoms with Crippen molar-refractivity contribution in [2.45, 2.75) is 32.7 Å². The predicted molar refractivity (Wildman–Crippen MR) is 98.1 cm³/mol. The molecule has 0 saturated carbocycles. The van der Waals surface area contributed by atoms with E-state index in [1.54, 1.807) is 35.9 Å². The molecule has 27 heavy (non-hydrogen) atoms. The molecule has 1 aliphatic rings. The minimum atomic E-state index is -0.490. The Balaban J connectivity index is 2.10. The fourth-order valence-corrected chi connectivity index (χ4v) is 3.14. The van der Waals surface area contributed by atoms with Crippen LogP contribution >= 0.6 is 0 Å². The van der Waals surface area contributed by atoms with Crippen molar-refractivity contribution in [1.29, 1.82) is 0 Å². The fraction of sp³-hybridized carbons (Fsp3) is 0.368. The van der Waals surface area contributed by atoms with Crippen LogP contribution in [0, 0.1) is 0 Å². The summed E-state index contributed by atoms with van der Waals surface area (Å²) in [5.74, 6) is -0.244. The van der Waals surface area contributed by atoms with Gasteiger partial charge in [0.2, 0.25) is 5.95 Å². The largest absolute Gasteiger partial charge is 0.465 e. The van der Waals surface area contributed by atoms with Gasteiger partial charge in [-0.3, -0.25) is 0 Å². The van der Waals surface area contributed by atoms with Crippen LogP contribution in [0.5, 0.6) is 0 Å². The monoisotopic (exact) mass is 370 g/mol. The first-order valence-electron chi connectivity index (χ1n) is 8.85. The van der Waals surface area contributed by atoms with Crippen LogP contribution in [0.1, 0.15) is 48.7 Å². The highest BCUT2D eigenvalue weighted by atomic mass is 16.5. The van der Waals surface area contributed by atoms with Crippen molar-refractivity contribution in [3.8, 4) is 0 Å². The molecule has 3 rings (SSSR count). The zero-order chi connectivity index (χ0) is 19.4. The van der Waals surface area contributed by atoms with E-state index in [1.165, 1.54) is 13.4 Å². The third-order valence-corrected chi connectivity index (χ3v) is 4.32. The summed E-state index contributed by atoms with van der Waals surface area (Å²) in [7, 11) is 1.34. The first-order chi connectivity index (χ1) is 13.1. The highest BCUT2D eigenvalue weighted by molar-refractivity contribution is 5.93. The maximum atomic E-state index is 12.8. The molecule has 8 nitrogen and oxygen atoms in total. The van der Waals surface area contributed by atoms with Crippen LogP contribution in [0.4, 0.5) is 5.95 Å². The lowest BCUT2D eigenvalue weighted by atomic mass is 9.93. The van der Waals surface area contributed by atoms with Crippen molar-refractivity contribution in [2.75, 3.05) is 19.0 Å². The maximum absolute atomic E-state index is 12.8. The summed E-state index contributed by atoms with van der Waals surface area (Å²) in [6, 6.07) is 6.42. The maximum Gasteiger partial charge on any atom is 0.338 e. The van der Waals surface area contributed by atoms with E-state index in [2.05, 4.69) is 15.4 Å². The molecule has 0 radical (unpaired) electrons. The Labute approximate surface area is 157 Å². The van der Waals surface area contributed by atoms with Crippen LogP contribution in [-0.4, -0.2) is 40.4 Å². The molecule has 0 bridgehead atoms. The summed E-state index contributed by atoms with van der Waals surface area (Å²) < 4.78 is 11.7. The highest BCUT2D eigenvalue weighted by Crippen LogP contribution is 2.36. The Morgan fingerprint density at radius 1 is 1.19 bits per heavy atom. The number of anilines is 1. The molecule has 142 valence electrons. The Bertz CT molecular complexity index is 870. The Morgan fingerprint density at radius 3 is 2.56 bits per heavy atom. The minimum Gasteiger partial charge on any atom is -0.465 e. The number of benzene rings is 1. The van der Waals surface area contributed by atoms with Gasteiger partial charge in [-0.05, 0) is 31.0 Å². The topological polar surface area (TPSA) is 95.3 Å². The molecule has 1 N–H and O–H groups in total. The first kappa shape index (κ1) is 18.6. The van der Waals surface area contributed by atoms with Gasteiger partial charge in [-0.2, -0.15) is 10.1 Å². The number of nitrogens with zero attached hydrogens (tertiary/aromatic N) is 3. The molecule has 0 spiro atoms. The van der Waals surface area contributed by atoms with Crippen LogP contribution in [0.3, 0.4) is 0 Å². The first-order valence-corrected chi connectivity index (χ1v) is 8.85. The van der Waals surface area contributed by atoms with Gasteiger partial charge in [0.25, 0.3) is 0 Å². The van der Waals surface area contributed by atoms with Gasteiger partial charge >= 0.3 is 11.9 Å². The number of esters is 2. The average molecular weight is 370 g/mol. The number of rotatable bonds is 6. The van der Waals surface area contributed by atoms with E-state index in [0.29, 0.717) is 23.5 Å². The van der Waals surface area contributed by atoms with Crippen molar-refractivity contribution in [3.63, 3.8) is 0 Å². The summed E-state index contributed by atoms with van der Waals surface area (Å²) in [5, 5.41) is 7.48. The number of carbonyl (C=O) groups excluding carboxylic acids is 2. The fourth-order valence-electron chi connectivity index (χ4n) is 3.14. The molecule has 0 amide bonds. The van der Waals surface area contributed by atoms with Crippen molar-refractivity contribution < 1.29 is 19.1 Å². The summed E-state index contributed by atoms with van der Waals surface area (Å²) in [6.07, 6.45) is 2.97. The Morgan fingerprint density at radius 2 is 1.93 bits per heavy atom. The quantitative estimate of drug-likeness (QED) is 0.781. The molecular weight excluding hydrogens is 348 g/mol. The molecule has 1 atom stereocenters. The SMILES string of the molecule is CCCC1=C(C(=O)OCC)[C@@H](c2ccc(C(=O)OC)cc2)n2ncnc2N1. The Hall–Kier alpha value is -3.16. The van der Waals surface area contributed by atoms with E-state index < -0.39 is 18.0 Å². The molecule has 8 heteroatoms. The predicted octanol–water partition coefficient (Wildman–Crippen LogP) is 2.70. The second-order valence-corrected chi connectivity index (χ2v) is 6.03. The molecule has 1 aliphatic heterocycles. The Kier molecular flexibility index (Phi) is 5.54. The summed E-state index contributed by atoms with van der Waals surface area (Å²) >= 11 is 0. The number of hydrogen-bond donors (Lipinski definition) is 1. The molecular formula is C19H22N4O4. The van der Waals surface area contributed by atoms with Crippen molar-refractivity contribution in [3.05, 3.63) is 53.0 Å². The molecule has 1 aromatic heterocycles. The number of carbonyl (C=O) groups is 2. The van der Waals surface area contributed by atoms with E-state index in [-0.39, 0.29) is 6.61 Å². The van der Waals surface area contributed by atoms with E-state index in [1.807, 2.05) is 6.92 Å². The molecule has 0 aliphatic carbocycles. The van der Waals surface area contributed by atoms with E-state index in [9.17, 15) is 9.59 Å². The van der Waals surface area contributed by atoms with Crippen LogP contribution < -0.4 is 5.32 Å². The second kappa shape index (κ2) is 8.03. The lowest BCUT2D eigenvalue weighted by molar-refractivity contribution is -0.139. The summed E-state index contributed by atoms with van der Waals surface area (Å²) in [6.45, 7) is 4.09. The van der Waals surface area contributed by atoms with E-state index in [0.717, 1.165) is 17.7 Å². The number of nitrogens with one attached hydrogen (secondary N) is 1. The van der Waals surface area contributed by atoms with E-state index >= 15 is 0 Å². The number of aromatic nitrogens is 3. The average Bonchev–Trinajstić information content (AvgIpc) is 3.15. The third-order valence-electron chi connectivity index (χ3n) is 4.32. The summed E-state index contributed by atoms with van der Waals surface area (Å²) in [4.78, 5) is 28.7. The van der Waals surface area contributed by atoms with Gasteiger partial charge in [-0.1, -0.05) is 25.5 Å². The smallest absolute Gasteiger partial charge is 0.338 e. The van der Waals surface area contributed by atoms with Gasteiger partial charge in [0.1, 0.15) is 12.4 Å². The normalized spacial score (nSPS) is 15.7. The summed E-state index contributed by atoms with van der Waals surface area (Å²) in [5.41, 5.74) is 2.51. The van der Waals surface area contributed by atoms with Gasteiger partial charge in [0.15, 0.2) is 0 Å². The lowest BCUT2D eigenvalue weighted by Crippen LogP contribution is -2.30. The van der Waals surface area contributed by atoms with Gasteiger partial charge in [-0.15, -0.1) is 0 Å². The van der Waals surface area contributed by atoms with Crippen molar-refractivity contribution in [2.24, 2.45) is 0 Å². The van der Waals surface area contributed by atoms with Gasteiger partial charge in [0.05, 0.1) is 24.9 Å². The van der Waals surface area contributed by atoms with Gasteiger partial charge in [-0.25, -0.2) is 14.3 Å². The van der Waals surface area contributed by atoms with Crippen LogP contribution in [-0.2, 0) is 14.3 Å². The number of methoxy groups -OCH3 is 1. The van der Waals surface area contributed by atoms with Crippen molar-refractivity contribution in [1.82, 2.24) is 14.8 Å². The lowest BCUT2D eigenvalue weighted by Gasteiger charge is -2.29. The van der Waals surface area contributed by atoms with Crippen LogP contribution in [0.2, 0.25) is 0 Å². The molecule has 0 unspecified atom stereocenters.